The van der Waals surface area contributed by atoms with Crippen molar-refractivity contribution in [1.82, 2.24) is 19.7 Å². The Kier molecular flexibility index (Phi) is 4.96. The highest BCUT2D eigenvalue weighted by Gasteiger charge is 2.21. The number of ether oxygens (including phenoxy) is 2. The molecule has 0 radical (unpaired) electrons. The summed E-state index contributed by atoms with van der Waals surface area (Å²) < 4.78 is 12.1. The Labute approximate surface area is 144 Å². The number of halogens is 1. The summed E-state index contributed by atoms with van der Waals surface area (Å²) >= 11 is 5.91. The van der Waals surface area contributed by atoms with Crippen LogP contribution in [0.4, 0.5) is 11.5 Å². The van der Waals surface area contributed by atoms with Gasteiger partial charge in [-0.3, -0.25) is 4.68 Å². The van der Waals surface area contributed by atoms with E-state index in [1.54, 1.807) is 13.1 Å². The number of carbonyl (C=O) groups excluding carboxylic acids is 1. The second-order valence-electron chi connectivity index (χ2n) is 5.47. The summed E-state index contributed by atoms with van der Waals surface area (Å²) in [4.78, 5) is 20.1. The van der Waals surface area contributed by atoms with E-state index in [-0.39, 0.29) is 10.8 Å². The number of methoxy groups -OCH3 is 1. The van der Waals surface area contributed by atoms with Crippen LogP contribution in [0.3, 0.4) is 0 Å². The normalized spacial score (nSPS) is 15.3. The SMILES string of the molecule is COC(=O)c1c(C)nc(Cl)nc1Nc1cnn(C2CCOCC2)c1. The van der Waals surface area contributed by atoms with E-state index in [9.17, 15) is 4.79 Å². The van der Waals surface area contributed by atoms with Crippen molar-refractivity contribution in [2.45, 2.75) is 25.8 Å². The van der Waals surface area contributed by atoms with Gasteiger partial charge in [-0.2, -0.15) is 10.1 Å². The number of nitrogens with zero attached hydrogens (tertiary/aromatic N) is 4. The van der Waals surface area contributed by atoms with Crippen molar-refractivity contribution in [3.05, 3.63) is 28.9 Å². The Morgan fingerprint density at radius 2 is 2.17 bits per heavy atom. The van der Waals surface area contributed by atoms with E-state index >= 15 is 0 Å². The molecule has 0 spiro atoms. The number of esters is 1. The molecule has 0 unspecified atom stereocenters. The zero-order valence-electron chi connectivity index (χ0n) is 13.5. The molecule has 128 valence electrons. The second kappa shape index (κ2) is 7.14. The second-order valence-corrected chi connectivity index (χ2v) is 5.81. The molecule has 0 aliphatic carbocycles. The number of carbonyl (C=O) groups is 1. The molecule has 0 bridgehead atoms. The fourth-order valence-electron chi connectivity index (χ4n) is 2.66. The van der Waals surface area contributed by atoms with Crippen LogP contribution in [0, 0.1) is 6.92 Å². The van der Waals surface area contributed by atoms with Crippen molar-refractivity contribution in [2.24, 2.45) is 0 Å². The topological polar surface area (TPSA) is 91.2 Å². The van der Waals surface area contributed by atoms with E-state index in [1.807, 2.05) is 10.9 Å². The van der Waals surface area contributed by atoms with Crippen molar-refractivity contribution >= 4 is 29.1 Å². The molecular formula is C15H18ClN5O3. The molecule has 24 heavy (non-hydrogen) atoms. The lowest BCUT2D eigenvalue weighted by atomic mass is 10.1. The first-order valence-electron chi connectivity index (χ1n) is 7.60. The first kappa shape index (κ1) is 16.7. The number of anilines is 2. The molecule has 8 nitrogen and oxygen atoms in total. The van der Waals surface area contributed by atoms with Crippen LogP contribution in [-0.4, -0.2) is 46.0 Å². The minimum Gasteiger partial charge on any atom is -0.465 e. The van der Waals surface area contributed by atoms with Crippen LogP contribution < -0.4 is 5.32 Å². The van der Waals surface area contributed by atoms with Crippen LogP contribution in [0.1, 0.15) is 34.9 Å². The van der Waals surface area contributed by atoms with Crippen molar-refractivity contribution in [3.63, 3.8) is 0 Å². The number of aromatic nitrogens is 4. The summed E-state index contributed by atoms with van der Waals surface area (Å²) in [5.74, 6) is -0.227. The van der Waals surface area contributed by atoms with Crippen LogP contribution in [0.5, 0.6) is 0 Å². The van der Waals surface area contributed by atoms with Gasteiger partial charge in [0.05, 0.1) is 30.7 Å². The van der Waals surface area contributed by atoms with E-state index < -0.39 is 5.97 Å². The third-order valence-corrected chi connectivity index (χ3v) is 4.05. The van der Waals surface area contributed by atoms with E-state index in [4.69, 9.17) is 21.1 Å². The number of hydrogen-bond donors (Lipinski definition) is 1. The maximum atomic E-state index is 12.0. The molecule has 0 saturated carbocycles. The average molecular weight is 352 g/mol. The molecule has 2 aromatic rings. The number of rotatable bonds is 4. The van der Waals surface area contributed by atoms with Gasteiger partial charge in [-0.05, 0) is 31.4 Å². The fourth-order valence-corrected chi connectivity index (χ4v) is 2.88. The van der Waals surface area contributed by atoms with Crippen LogP contribution in [-0.2, 0) is 9.47 Å². The molecule has 3 heterocycles. The Morgan fingerprint density at radius 1 is 1.42 bits per heavy atom. The Balaban J connectivity index is 1.86. The largest absolute Gasteiger partial charge is 0.465 e. The zero-order valence-corrected chi connectivity index (χ0v) is 14.2. The van der Waals surface area contributed by atoms with Crippen LogP contribution in [0.15, 0.2) is 12.4 Å². The van der Waals surface area contributed by atoms with E-state index in [0.717, 1.165) is 26.1 Å². The van der Waals surface area contributed by atoms with Gasteiger partial charge in [-0.25, -0.2) is 9.78 Å². The van der Waals surface area contributed by atoms with Gasteiger partial charge in [-0.1, -0.05) is 0 Å². The Hall–Kier alpha value is -2.19. The van der Waals surface area contributed by atoms with Gasteiger partial charge in [0.2, 0.25) is 5.28 Å². The lowest BCUT2D eigenvalue weighted by Crippen LogP contribution is -2.19. The van der Waals surface area contributed by atoms with E-state index in [2.05, 4.69) is 20.4 Å². The summed E-state index contributed by atoms with van der Waals surface area (Å²) in [6.45, 7) is 3.15. The number of nitrogens with one attached hydrogen (secondary N) is 1. The van der Waals surface area contributed by atoms with Gasteiger partial charge >= 0.3 is 5.97 Å². The third-order valence-electron chi connectivity index (χ3n) is 3.88. The van der Waals surface area contributed by atoms with Gasteiger partial charge in [0.1, 0.15) is 11.4 Å². The molecule has 0 aromatic carbocycles. The van der Waals surface area contributed by atoms with Crippen LogP contribution in [0.25, 0.3) is 0 Å². The van der Waals surface area contributed by atoms with Crippen LogP contribution in [0.2, 0.25) is 5.28 Å². The Morgan fingerprint density at radius 3 is 2.88 bits per heavy atom. The third kappa shape index (κ3) is 3.49. The van der Waals surface area contributed by atoms with Crippen molar-refractivity contribution in [3.8, 4) is 0 Å². The van der Waals surface area contributed by atoms with Gasteiger partial charge < -0.3 is 14.8 Å². The monoisotopic (exact) mass is 351 g/mol. The minimum absolute atomic E-state index is 0.0551. The van der Waals surface area contributed by atoms with Gasteiger partial charge in [0.25, 0.3) is 0 Å². The van der Waals surface area contributed by atoms with Gasteiger partial charge in [0.15, 0.2) is 0 Å². The van der Waals surface area contributed by atoms with Crippen molar-refractivity contribution in [2.75, 3.05) is 25.6 Å². The van der Waals surface area contributed by atoms with Gasteiger partial charge in [0, 0.05) is 19.4 Å². The standard InChI is InChI=1S/C15H18ClN5O3/c1-9-12(14(22)23-2)13(20-15(16)18-9)19-10-7-17-21(8-10)11-3-5-24-6-4-11/h7-8,11H,3-6H2,1-2H3,(H,18,19,20). The maximum absolute atomic E-state index is 12.0. The van der Waals surface area contributed by atoms with Crippen LogP contribution >= 0.6 is 11.6 Å². The summed E-state index contributed by atoms with van der Waals surface area (Å²) in [7, 11) is 1.31. The molecule has 3 rings (SSSR count). The lowest BCUT2D eigenvalue weighted by Gasteiger charge is -2.22. The highest BCUT2D eigenvalue weighted by Crippen LogP contribution is 2.25. The fraction of sp³-hybridized carbons (Fsp3) is 0.467. The van der Waals surface area contributed by atoms with Crippen molar-refractivity contribution in [1.29, 1.82) is 0 Å². The predicted octanol–water partition coefficient (Wildman–Crippen LogP) is 2.52. The highest BCUT2D eigenvalue weighted by molar-refractivity contribution is 6.28. The van der Waals surface area contributed by atoms with E-state index in [0.29, 0.717) is 23.2 Å². The zero-order chi connectivity index (χ0) is 17.1. The van der Waals surface area contributed by atoms with Gasteiger partial charge in [-0.15, -0.1) is 0 Å². The quantitative estimate of drug-likeness (QED) is 0.668. The molecule has 1 aliphatic heterocycles. The minimum atomic E-state index is -0.525. The molecule has 1 saturated heterocycles. The predicted molar refractivity (Wildman–Crippen MR) is 87.7 cm³/mol. The molecule has 1 aliphatic rings. The molecule has 1 fully saturated rings. The molecule has 0 atom stereocenters. The maximum Gasteiger partial charge on any atom is 0.343 e. The number of aryl methyl sites for hydroxylation is 1. The summed E-state index contributed by atoms with van der Waals surface area (Å²) in [6, 6.07) is 0.310. The summed E-state index contributed by atoms with van der Waals surface area (Å²) in [5, 5.41) is 7.51. The Bertz CT molecular complexity index is 743. The molecular weight excluding hydrogens is 334 g/mol. The molecule has 1 N–H and O–H groups in total. The lowest BCUT2D eigenvalue weighted by molar-refractivity contribution is 0.0600. The molecule has 0 amide bonds. The van der Waals surface area contributed by atoms with E-state index in [1.165, 1.54) is 7.11 Å². The summed E-state index contributed by atoms with van der Waals surface area (Å²) in [5.41, 5.74) is 1.41. The van der Waals surface area contributed by atoms with Crippen molar-refractivity contribution < 1.29 is 14.3 Å². The molecule has 2 aromatic heterocycles. The smallest absolute Gasteiger partial charge is 0.343 e. The first-order chi connectivity index (χ1) is 11.6. The summed E-state index contributed by atoms with van der Waals surface area (Å²) in [6.07, 6.45) is 5.41. The highest BCUT2D eigenvalue weighted by atomic mass is 35.5. The molecule has 9 heteroatoms. The number of hydrogen-bond acceptors (Lipinski definition) is 7. The average Bonchev–Trinajstić information content (AvgIpc) is 3.03. The first-order valence-corrected chi connectivity index (χ1v) is 7.97.